The van der Waals surface area contributed by atoms with Gasteiger partial charge in [0, 0.05) is 12.8 Å². The van der Waals surface area contributed by atoms with Crippen LogP contribution in [0.3, 0.4) is 0 Å². The maximum Gasteiger partial charge on any atom is 0.306 e. The Morgan fingerprint density at radius 1 is 0.537 bits per heavy atom. The van der Waals surface area contributed by atoms with Gasteiger partial charge in [0.05, 0.1) is 6.61 Å². The Balaban J connectivity index is 3.50. The Labute approximate surface area is 255 Å². The quantitative estimate of drug-likeness (QED) is 0.0631. The van der Waals surface area contributed by atoms with E-state index in [4.69, 9.17) is 9.47 Å². The fourth-order valence-corrected chi connectivity index (χ4v) is 5.33. The van der Waals surface area contributed by atoms with Gasteiger partial charge in [-0.1, -0.05) is 168 Å². The van der Waals surface area contributed by atoms with Gasteiger partial charge in [-0.25, -0.2) is 0 Å². The van der Waals surface area contributed by atoms with Crippen LogP contribution in [0.5, 0.6) is 0 Å². The molecule has 5 heteroatoms. The minimum absolute atomic E-state index is 0.0591. The van der Waals surface area contributed by atoms with Crippen molar-refractivity contribution < 1.29 is 24.2 Å². The van der Waals surface area contributed by atoms with Gasteiger partial charge in [-0.3, -0.25) is 9.59 Å². The average Bonchev–Trinajstić information content (AvgIpc) is 2.95. The summed E-state index contributed by atoms with van der Waals surface area (Å²) in [6.07, 6.45) is 31.7. The van der Waals surface area contributed by atoms with E-state index in [1.807, 2.05) is 0 Å². The normalized spacial score (nSPS) is 12.1. The number of carbonyl (C=O) groups is 2. The molecule has 0 heterocycles. The monoisotopic (exact) mass is 583 g/mol. The number of ether oxygens (including phenoxy) is 2. The predicted octanol–water partition coefficient (Wildman–Crippen LogP) is 10.6. The Morgan fingerprint density at radius 3 is 1.29 bits per heavy atom. The fraction of sp³-hybridized carbons (Fsp3) is 0.944. The van der Waals surface area contributed by atoms with Crippen molar-refractivity contribution in [3.63, 3.8) is 0 Å². The Kier molecular flexibility index (Phi) is 31.0. The van der Waals surface area contributed by atoms with Crippen LogP contribution in [0.2, 0.25) is 0 Å². The van der Waals surface area contributed by atoms with E-state index in [-0.39, 0.29) is 25.2 Å². The number of aliphatic hydroxyl groups is 1. The standard InChI is InChI=1S/C36H70O5/c1-4-5-6-7-8-9-10-11-12-13-14-15-16-17-20-23-26-29-35(38)40-32-34(31-37)41-36(39)30-27-24-21-18-19-22-25-28-33(2)3/h33-34,37H,4-32H2,1-3H3/t34-/m0/s1. The zero-order chi connectivity index (χ0) is 30.2. The van der Waals surface area contributed by atoms with Crippen molar-refractivity contribution in [3.8, 4) is 0 Å². The molecule has 0 saturated heterocycles. The SMILES string of the molecule is CCCCCCCCCCCCCCCCCCCC(=O)OC[C@H](CO)OC(=O)CCCCCCCCCC(C)C. The van der Waals surface area contributed by atoms with Crippen molar-refractivity contribution >= 4 is 11.9 Å². The molecule has 244 valence electrons. The first-order chi connectivity index (χ1) is 20.0. The number of hydrogen-bond acceptors (Lipinski definition) is 5. The average molecular weight is 583 g/mol. The van der Waals surface area contributed by atoms with E-state index >= 15 is 0 Å². The van der Waals surface area contributed by atoms with E-state index in [0.717, 1.165) is 38.0 Å². The molecular formula is C36H70O5. The van der Waals surface area contributed by atoms with E-state index in [0.29, 0.717) is 12.8 Å². The first-order valence-electron chi connectivity index (χ1n) is 18.0. The summed E-state index contributed by atoms with van der Waals surface area (Å²) in [5, 5.41) is 9.50. The molecular weight excluding hydrogens is 512 g/mol. The number of hydrogen-bond donors (Lipinski definition) is 1. The van der Waals surface area contributed by atoms with Crippen LogP contribution in [0.15, 0.2) is 0 Å². The molecule has 0 aromatic carbocycles. The summed E-state index contributed by atoms with van der Waals surface area (Å²) in [6, 6.07) is 0. The van der Waals surface area contributed by atoms with Gasteiger partial charge in [-0.15, -0.1) is 0 Å². The lowest BCUT2D eigenvalue weighted by molar-refractivity contribution is -0.161. The zero-order valence-electron chi connectivity index (χ0n) is 27.7. The smallest absolute Gasteiger partial charge is 0.306 e. The second-order valence-electron chi connectivity index (χ2n) is 12.8. The van der Waals surface area contributed by atoms with E-state index in [1.54, 1.807) is 0 Å². The van der Waals surface area contributed by atoms with Crippen molar-refractivity contribution in [3.05, 3.63) is 0 Å². The molecule has 0 spiro atoms. The molecule has 1 N–H and O–H groups in total. The third-order valence-electron chi connectivity index (χ3n) is 8.08. The topological polar surface area (TPSA) is 72.8 Å². The van der Waals surface area contributed by atoms with Crippen LogP contribution >= 0.6 is 0 Å². The van der Waals surface area contributed by atoms with Crippen LogP contribution in [-0.2, 0) is 19.1 Å². The summed E-state index contributed by atoms with van der Waals surface area (Å²) >= 11 is 0. The van der Waals surface area contributed by atoms with Gasteiger partial charge < -0.3 is 14.6 Å². The summed E-state index contributed by atoms with van der Waals surface area (Å²) in [5.74, 6) is 0.208. The fourth-order valence-electron chi connectivity index (χ4n) is 5.33. The predicted molar refractivity (Wildman–Crippen MR) is 173 cm³/mol. The van der Waals surface area contributed by atoms with Gasteiger partial charge in [0.15, 0.2) is 6.10 Å². The molecule has 41 heavy (non-hydrogen) atoms. The molecule has 0 aliphatic rings. The number of aliphatic hydroxyl groups excluding tert-OH is 1. The highest BCUT2D eigenvalue weighted by Crippen LogP contribution is 2.15. The largest absolute Gasteiger partial charge is 0.462 e. The first kappa shape index (κ1) is 39.9. The van der Waals surface area contributed by atoms with E-state index in [9.17, 15) is 14.7 Å². The number of unbranched alkanes of at least 4 members (excludes halogenated alkanes) is 22. The second kappa shape index (κ2) is 31.8. The molecule has 0 aromatic heterocycles. The van der Waals surface area contributed by atoms with Crippen LogP contribution in [0.1, 0.15) is 194 Å². The molecule has 0 saturated carbocycles. The highest BCUT2D eigenvalue weighted by atomic mass is 16.6. The minimum atomic E-state index is -0.761. The molecule has 0 aliphatic heterocycles. The lowest BCUT2D eigenvalue weighted by Crippen LogP contribution is -2.28. The lowest BCUT2D eigenvalue weighted by Gasteiger charge is -2.15. The zero-order valence-corrected chi connectivity index (χ0v) is 27.7. The van der Waals surface area contributed by atoms with Crippen molar-refractivity contribution in [2.24, 2.45) is 5.92 Å². The summed E-state index contributed by atoms with van der Waals surface area (Å²) in [7, 11) is 0. The van der Waals surface area contributed by atoms with Crippen molar-refractivity contribution in [2.75, 3.05) is 13.2 Å². The second-order valence-corrected chi connectivity index (χ2v) is 12.8. The summed E-state index contributed by atoms with van der Waals surface area (Å²) in [4.78, 5) is 24.1. The molecule has 0 unspecified atom stereocenters. The molecule has 5 nitrogen and oxygen atoms in total. The van der Waals surface area contributed by atoms with Crippen molar-refractivity contribution in [2.45, 2.75) is 200 Å². The summed E-state index contributed by atoms with van der Waals surface area (Å²) in [6.45, 7) is 6.43. The molecule has 0 aliphatic carbocycles. The number of esters is 2. The van der Waals surface area contributed by atoms with Gasteiger partial charge in [0.1, 0.15) is 6.61 Å². The van der Waals surface area contributed by atoms with E-state index in [2.05, 4.69) is 20.8 Å². The Bertz CT molecular complexity index is 562. The highest BCUT2D eigenvalue weighted by molar-refractivity contribution is 5.70. The summed E-state index contributed by atoms with van der Waals surface area (Å²) in [5.41, 5.74) is 0. The van der Waals surface area contributed by atoms with Crippen LogP contribution < -0.4 is 0 Å². The van der Waals surface area contributed by atoms with Crippen LogP contribution in [0, 0.1) is 5.92 Å². The number of rotatable bonds is 32. The Morgan fingerprint density at radius 2 is 0.902 bits per heavy atom. The maximum absolute atomic E-state index is 12.1. The number of carbonyl (C=O) groups excluding carboxylic acids is 2. The lowest BCUT2D eigenvalue weighted by atomic mass is 10.0. The van der Waals surface area contributed by atoms with Crippen LogP contribution in [-0.4, -0.2) is 36.4 Å². The molecule has 0 fully saturated rings. The van der Waals surface area contributed by atoms with Crippen LogP contribution in [0.4, 0.5) is 0 Å². The summed E-state index contributed by atoms with van der Waals surface area (Å²) < 4.78 is 10.6. The Hall–Kier alpha value is -1.10. The van der Waals surface area contributed by atoms with Gasteiger partial charge >= 0.3 is 11.9 Å². The van der Waals surface area contributed by atoms with Gasteiger partial charge in [0.25, 0.3) is 0 Å². The molecule has 0 rings (SSSR count). The highest BCUT2D eigenvalue weighted by Gasteiger charge is 2.16. The third-order valence-corrected chi connectivity index (χ3v) is 8.08. The molecule has 0 bridgehead atoms. The molecule has 0 radical (unpaired) electrons. The first-order valence-corrected chi connectivity index (χ1v) is 18.0. The molecule has 0 aromatic rings. The maximum atomic E-state index is 12.1. The molecule has 0 amide bonds. The minimum Gasteiger partial charge on any atom is -0.462 e. The van der Waals surface area contributed by atoms with Gasteiger partial charge in [0.2, 0.25) is 0 Å². The third kappa shape index (κ3) is 31.7. The van der Waals surface area contributed by atoms with E-state index in [1.165, 1.54) is 128 Å². The van der Waals surface area contributed by atoms with Crippen LogP contribution in [0.25, 0.3) is 0 Å². The van der Waals surface area contributed by atoms with Gasteiger partial charge in [-0.05, 0) is 18.8 Å². The van der Waals surface area contributed by atoms with E-state index < -0.39 is 6.10 Å². The van der Waals surface area contributed by atoms with Crippen molar-refractivity contribution in [1.29, 1.82) is 0 Å². The van der Waals surface area contributed by atoms with Gasteiger partial charge in [-0.2, -0.15) is 0 Å². The molecule has 1 atom stereocenters. The van der Waals surface area contributed by atoms with Crippen molar-refractivity contribution in [1.82, 2.24) is 0 Å².